The van der Waals surface area contributed by atoms with Gasteiger partial charge < -0.3 is 39.7 Å². The molecule has 5 aromatic carbocycles. The number of nitrogens with one attached hydrogen (secondary N) is 4. The summed E-state index contributed by atoms with van der Waals surface area (Å²) in [7, 11) is 0. The van der Waals surface area contributed by atoms with Crippen molar-refractivity contribution in [2.45, 2.75) is 50.8 Å². The molecule has 1 amide bonds. The average Bonchev–Trinajstić information content (AvgIpc) is 4.08. The zero-order valence-electron chi connectivity index (χ0n) is 35.8. The van der Waals surface area contributed by atoms with Gasteiger partial charge in [-0.15, -0.1) is 0 Å². The van der Waals surface area contributed by atoms with Crippen LogP contribution in [0.25, 0.3) is 22.5 Å². The highest BCUT2D eigenvalue weighted by Crippen LogP contribution is 2.46. The lowest BCUT2D eigenvalue weighted by Gasteiger charge is -2.46. The molecule has 3 aliphatic rings. The minimum Gasteiger partial charge on any atom is -0.457 e. The standard InChI is InChI=1S/C50H42ClF4N7O5/c1-27-21-56-46(59-27)38-17-16-35(39-22-58-49(65)43(38)39)36-14-11-31(19-42(36)52)61-26-62(30-7-5-6-28(18-30)50(53,54)55)48(60-29-10-12-34(24-63)66-25-29)44-40(23-57-47(44)61)45(64)37-15-13-33(20-41(37)51)67-32-8-3-2-4-9-32/h2-9,11,13-21,23,29,34,48,57,60,63H,10,12,22,24-26H2,1H3,(H,56,59)(H,58,65)/t29-,34+,48?/m1/s1. The van der Waals surface area contributed by atoms with Crippen LogP contribution in [0.3, 0.4) is 0 Å². The van der Waals surface area contributed by atoms with Crippen LogP contribution in [0.4, 0.5) is 34.8 Å². The van der Waals surface area contributed by atoms with Gasteiger partial charge >= 0.3 is 6.18 Å². The van der Waals surface area contributed by atoms with Gasteiger partial charge in [-0.25, -0.2) is 9.37 Å². The molecule has 1 unspecified atom stereocenters. The van der Waals surface area contributed by atoms with Gasteiger partial charge in [0.1, 0.15) is 35.1 Å². The van der Waals surface area contributed by atoms with Gasteiger partial charge in [-0.05, 0) is 97.6 Å². The van der Waals surface area contributed by atoms with Gasteiger partial charge in [0.15, 0.2) is 5.78 Å². The van der Waals surface area contributed by atoms with Crippen LogP contribution in [0.15, 0.2) is 116 Å². The summed E-state index contributed by atoms with van der Waals surface area (Å²) in [5.41, 5.74) is 3.40. The molecule has 3 atom stereocenters. The van der Waals surface area contributed by atoms with Crippen molar-refractivity contribution in [2.24, 2.45) is 0 Å². The zero-order chi connectivity index (χ0) is 46.6. The van der Waals surface area contributed by atoms with E-state index in [1.165, 1.54) is 24.4 Å². The third kappa shape index (κ3) is 8.41. The first-order valence-electron chi connectivity index (χ1n) is 21.6. The number of carbonyl (C=O) groups is 2. The summed E-state index contributed by atoms with van der Waals surface area (Å²) in [4.78, 5) is 42.3. The summed E-state index contributed by atoms with van der Waals surface area (Å²) in [5, 5.41) is 16.3. The summed E-state index contributed by atoms with van der Waals surface area (Å²) < 4.78 is 71.8. The van der Waals surface area contributed by atoms with E-state index < -0.39 is 29.5 Å². The zero-order valence-corrected chi connectivity index (χ0v) is 36.5. The van der Waals surface area contributed by atoms with Gasteiger partial charge in [-0.2, -0.15) is 13.2 Å². The molecule has 17 heteroatoms. The lowest BCUT2D eigenvalue weighted by atomic mass is 9.92. The molecule has 12 nitrogen and oxygen atoms in total. The van der Waals surface area contributed by atoms with E-state index in [4.69, 9.17) is 21.1 Å². The third-order valence-electron chi connectivity index (χ3n) is 12.4. The fourth-order valence-electron chi connectivity index (χ4n) is 9.10. The van der Waals surface area contributed by atoms with Crippen molar-refractivity contribution in [1.82, 2.24) is 25.6 Å². The number of aromatic amines is 2. The number of aromatic nitrogens is 3. The molecule has 67 heavy (non-hydrogen) atoms. The number of anilines is 3. The molecule has 10 rings (SSSR count). The maximum Gasteiger partial charge on any atom is 0.416 e. The first kappa shape index (κ1) is 43.9. The lowest BCUT2D eigenvalue weighted by Crippen LogP contribution is -2.53. The topological polar surface area (TPSA) is 148 Å². The Labute approximate surface area is 386 Å². The number of rotatable bonds is 11. The smallest absolute Gasteiger partial charge is 0.416 e. The van der Waals surface area contributed by atoms with Crippen LogP contribution < -0.4 is 25.2 Å². The molecule has 3 aliphatic heterocycles. The number of aliphatic hydroxyl groups excluding tert-OH is 1. The number of fused-ring (bicyclic) bond motifs is 2. The Morgan fingerprint density at radius 1 is 0.940 bits per heavy atom. The Balaban J connectivity index is 1.08. The summed E-state index contributed by atoms with van der Waals surface area (Å²) in [6.07, 6.45) is -1.73. The lowest BCUT2D eigenvalue weighted by molar-refractivity contribution is -0.137. The number of ether oxygens (including phenoxy) is 2. The number of halogens is 5. The van der Waals surface area contributed by atoms with Crippen molar-refractivity contribution in [2.75, 3.05) is 29.7 Å². The number of aliphatic hydroxyl groups is 1. The molecule has 2 aromatic heterocycles. The summed E-state index contributed by atoms with van der Waals surface area (Å²) in [6.45, 7) is 1.93. The van der Waals surface area contributed by atoms with Crippen LogP contribution in [0.1, 0.15) is 67.7 Å². The van der Waals surface area contributed by atoms with Gasteiger partial charge in [0, 0.05) is 75.9 Å². The van der Waals surface area contributed by atoms with Gasteiger partial charge in [-0.1, -0.05) is 41.9 Å². The Bertz CT molecular complexity index is 3020. The van der Waals surface area contributed by atoms with E-state index >= 15 is 4.39 Å². The number of aryl methyl sites for hydroxylation is 1. The number of imidazole rings is 1. The summed E-state index contributed by atoms with van der Waals surface area (Å²) >= 11 is 6.83. The van der Waals surface area contributed by atoms with Crippen LogP contribution in [-0.4, -0.2) is 63.8 Å². The van der Waals surface area contributed by atoms with Crippen molar-refractivity contribution >= 4 is 40.5 Å². The summed E-state index contributed by atoms with van der Waals surface area (Å²) in [6, 6.07) is 26.4. The second kappa shape index (κ2) is 17.7. The number of ketones is 1. The van der Waals surface area contributed by atoms with Crippen molar-refractivity contribution < 1.29 is 41.7 Å². The molecule has 1 saturated heterocycles. The molecule has 342 valence electrons. The molecular formula is C50H42ClF4N7O5. The van der Waals surface area contributed by atoms with Crippen LogP contribution in [-0.2, 0) is 17.5 Å². The Morgan fingerprint density at radius 3 is 2.46 bits per heavy atom. The maximum atomic E-state index is 16.9. The van der Waals surface area contributed by atoms with E-state index in [0.717, 1.165) is 17.8 Å². The van der Waals surface area contributed by atoms with Gasteiger partial charge in [-0.3, -0.25) is 14.9 Å². The largest absolute Gasteiger partial charge is 0.457 e. The number of carbonyl (C=O) groups excluding carboxylic acids is 2. The number of para-hydroxylation sites is 1. The molecule has 0 radical (unpaired) electrons. The quantitative estimate of drug-likeness (QED) is 0.0632. The second-order valence-corrected chi connectivity index (χ2v) is 17.1. The fraction of sp³-hybridized carbons (Fsp3) is 0.220. The molecule has 0 aliphatic carbocycles. The van der Waals surface area contributed by atoms with E-state index in [-0.39, 0.29) is 71.9 Å². The van der Waals surface area contributed by atoms with E-state index in [0.29, 0.717) is 69.5 Å². The minimum atomic E-state index is -4.67. The Kier molecular flexibility index (Phi) is 11.6. The molecular weight excluding hydrogens is 890 g/mol. The van der Waals surface area contributed by atoms with E-state index in [1.807, 2.05) is 25.1 Å². The fourth-order valence-corrected chi connectivity index (χ4v) is 9.36. The van der Waals surface area contributed by atoms with Crippen LogP contribution in [0.2, 0.25) is 5.02 Å². The normalized spacial score (nSPS) is 18.1. The molecule has 0 bridgehead atoms. The number of alkyl halides is 3. The van der Waals surface area contributed by atoms with Crippen molar-refractivity contribution in [1.29, 1.82) is 0 Å². The van der Waals surface area contributed by atoms with Crippen molar-refractivity contribution in [3.63, 3.8) is 0 Å². The van der Waals surface area contributed by atoms with Crippen LogP contribution >= 0.6 is 11.6 Å². The number of benzene rings is 5. The average molecular weight is 932 g/mol. The number of nitrogens with zero attached hydrogens (tertiary/aromatic N) is 3. The summed E-state index contributed by atoms with van der Waals surface area (Å²) in [5.74, 6) is 0.436. The molecule has 7 aromatic rings. The molecule has 5 heterocycles. The second-order valence-electron chi connectivity index (χ2n) is 16.7. The third-order valence-corrected chi connectivity index (χ3v) is 12.7. The minimum absolute atomic E-state index is 0.101. The number of amides is 1. The number of hydrogen-bond donors (Lipinski definition) is 5. The predicted octanol–water partition coefficient (Wildman–Crippen LogP) is 10.2. The highest BCUT2D eigenvalue weighted by atomic mass is 35.5. The number of hydrogen-bond acceptors (Lipinski definition) is 9. The Hall–Kier alpha value is -6.98. The highest BCUT2D eigenvalue weighted by molar-refractivity contribution is 6.35. The SMILES string of the molecule is Cc1cnc(-c2ccc(-c3ccc(N4CN(c5cccc(C(F)(F)F)c5)C(N[C@@H]5CC[C@@H](CO)OC5)c5c(C(=O)c6ccc(Oc7ccccc7)cc6Cl)c[nH]c54)cc3F)c3c2C(=O)NC3)[nH]1. The van der Waals surface area contributed by atoms with Gasteiger partial charge in [0.2, 0.25) is 0 Å². The Morgan fingerprint density at radius 2 is 1.75 bits per heavy atom. The first-order chi connectivity index (χ1) is 32.3. The van der Waals surface area contributed by atoms with E-state index in [2.05, 4.69) is 25.6 Å². The van der Waals surface area contributed by atoms with Crippen molar-refractivity contribution in [3.05, 3.63) is 165 Å². The van der Waals surface area contributed by atoms with Gasteiger partial charge in [0.05, 0.1) is 42.1 Å². The maximum absolute atomic E-state index is 16.9. The van der Waals surface area contributed by atoms with Crippen molar-refractivity contribution in [3.8, 4) is 34.0 Å². The molecule has 5 N–H and O–H groups in total. The molecule has 1 fully saturated rings. The molecule has 0 spiro atoms. The van der Waals surface area contributed by atoms with Crippen LogP contribution in [0.5, 0.6) is 11.5 Å². The van der Waals surface area contributed by atoms with E-state index in [1.54, 1.807) is 70.6 Å². The first-order valence-corrected chi connectivity index (χ1v) is 22.0. The molecule has 0 saturated carbocycles. The monoisotopic (exact) mass is 931 g/mol. The number of H-pyrrole nitrogens is 2. The highest BCUT2D eigenvalue weighted by Gasteiger charge is 2.41. The predicted molar refractivity (Wildman–Crippen MR) is 244 cm³/mol. The van der Waals surface area contributed by atoms with E-state index in [9.17, 15) is 27.9 Å². The van der Waals surface area contributed by atoms with Crippen LogP contribution in [0, 0.1) is 12.7 Å². The van der Waals surface area contributed by atoms with Gasteiger partial charge in [0.25, 0.3) is 5.91 Å².